The summed E-state index contributed by atoms with van der Waals surface area (Å²) in [4.78, 5) is 10.5. The molecule has 0 aromatic heterocycles. The molecule has 0 saturated heterocycles. The summed E-state index contributed by atoms with van der Waals surface area (Å²) in [6.07, 6.45) is 2.51. The first-order valence-electron chi connectivity index (χ1n) is 5.67. The van der Waals surface area contributed by atoms with Gasteiger partial charge in [0.2, 0.25) is 0 Å². The fourth-order valence-electron chi connectivity index (χ4n) is 1.22. The van der Waals surface area contributed by atoms with Crippen molar-refractivity contribution in [3.8, 4) is 0 Å². The Balaban J connectivity index is 3.58. The van der Waals surface area contributed by atoms with E-state index in [-0.39, 0.29) is 5.60 Å². The minimum absolute atomic E-state index is 0.201. The summed E-state index contributed by atoms with van der Waals surface area (Å²) in [6, 6.07) is 0. The van der Waals surface area contributed by atoms with Crippen molar-refractivity contribution in [2.24, 2.45) is 11.8 Å². The molecule has 0 aliphatic heterocycles. The van der Waals surface area contributed by atoms with Gasteiger partial charge in [-0.2, -0.15) is 0 Å². The van der Waals surface area contributed by atoms with Crippen molar-refractivity contribution >= 4 is 0 Å². The van der Waals surface area contributed by atoms with Crippen molar-refractivity contribution in [3.05, 3.63) is 0 Å². The van der Waals surface area contributed by atoms with E-state index in [0.717, 1.165) is 0 Å². The van der Waals surface area contributed by atoms with Crippen molar-refractivity contribution in [2.75, 3.05) is 6.61 Å². The standard InChI is InChI=1S/C12H26O2/c1-7-8-10(2)11(3)9-13-14-12(4,5)6/h10-11H,7-9H2,1-6H3. The summed E-state index contributed by atoms with van der Waals surface area (Å²) in [5.74, 6) is 1.28. The summed E-state index contributed by atoms with van der Waals surface area (Å²) in [5.41, 5.74) is -0.201. The molecule has 0 aliphatic rings. The van der Waals surface area contributed by atoms with Gasteiger partial charge in [-0.05, 0) is 32.6 Å². The van der Waals surface area contributed by atoms with Crippen molar-refractivity contribution in [1.29, 1.82) is 0 Å². The van der Waals surface area contributed by atoms with Crippen LogP contribution in [-0.4, -0.2) is 12.2 Å². The van der Waals surface area contributed by atoms with Crippen LogP contribution in [-0.2, 0) is 9.78 Å². The summed E-state index contributed by atoms with van der Waals surface area (Å²) in [5, 5.41) is 0. The molecule has 0 heterocycles. The van der Waals surface area contributed by atoms with Crippen LogP contribution < -0.4 is 0 Å². The maximum absolute atomic E-state index is 5.23. The Morgan fingerprint density at radius 3 is 2.07 bits per heavy atom. The highest BCUT2D eigenvalue weighted by atomic mass is 17.2. The van der Waals surface area contributed by atoms with Gasteiger partial charge < -0.3 is 0 Å². The molecule has 0 N–H and O–H groups in total. The molecule has 0 aromatic carbocycles. The fourth-order valence-corrected chi connectivity index (χ4v) is 1.22. The average molecular weight is 202 g/mol. The van der Waals surface area contributed by atoms with Crippen molar-refractivity contribution in [3.63, 3.8) is 0 Å². The molecule has 2 unspecified atom stereocenters. The molecule has 0 radical (unpaired) electrons. The molecule has 0 amide bonds. The van der Waals surface area contributed by atoms with Crippen LogP contribution in [0.15, 0.2) is 0 Å². The zero-order chi connectivity index (χ0) is 11.2. The van der Waals surface area contributed by atoms with Gasteiger partial charge >= 0.3 is 0 Å². The first-order valence-corrected chi connectivity index (χ1v) is 5.67. The van der Waals surface area contributed by atoms with E-state index in [4.69, 9.17) is 9.78 Å². The van der Waals surface area contributed by atoms with Gasteiger partial charge in [0, 0.05) is 0 Å². The van der Waals surface area contributed by atoms with Crippen molar-refractivity contribution < 1.29 is 9.78 Å². The van der Waals surface area contributed by atoms with Gasteiger partial charge in [-0.3, -0.25) is 0 Å². The van der Waals surface area contributed by atoms with Gasteiger partial charge in [-0.25, -0.2) is 9.78 Å². The van der Waals surface area contributed by atoms with Gasteiger partial charge in [0.05, 0.1) is 12.2 Å². The molecule has 14 heavy (non-hydrogen) atoms. The van der Waals surface area contributed by atoms with E-state index in [2.05, 4.69) is 20.8 Å². The van der Waals surface area contributed by atoms with Crippen LogP contribution in [0, 0.1) is 11.8 Å². The maximum atomic E-state index is 5.23. The largest absolute Gasteiger partial charge is 0.236 e. The second kappa shape index (κ2) is 6.41. The van der Waals surface area contributed by atoms with Crippen LogP contribution in [0.5, 0.6) is 0 Å². The molecule has 0 spiro atoms. The fraction of sp³-hybridized carbons (Fsp3) is 1.00. The van der Waals surface area contributed by atoms with E-state index < -0.39 is 0 Å². The lowest BCUT2D eigenvalue weighted by molar-refractivity contribution is -0.354. The Labute approximate surface area is 88.9 Å². The first kappa shape index (κ1) is 13.9. The molecule has 2 heteroatoms. The molecule has 0 saturated carbocycles. The van der Waals surface area contributed by atoms with Crippen molar-refractivity contribution in [2.45, 2.75) is 60.0 Å². The number of rotatable bonds is 6. The van der Waals surface area contributed by atoms with Crippen molar-refractivity contribution in [1.82, 2.24) is 0 Å². The summed E-state index contributed by atoms with van der Waals surface area (Å²) >= 11 is 0. The monoisotopic (exact) mass is 202 g/mol. The van der Waals surface area contributed by atoms with Gasteiger partial charge in [0.15, 0.2) is 0 Å². The van der Waals surface area contributed by atoms with Gasteiger partial charge in [-0.1, -0.05) is 33.6 Å². The Morgan fingerprint density at radius 2 is 1.64 bits per heavy atom. The second-order valence-corrected chi connectivity index (χ2v) is 5.22. The summed E-state index contributed by atoms with van der Waals surface area (Å²) in [6.45, 7) is 13.4. The van der Waals surface area contributed by atoms with Gasteiger partial charge in [0.1, 0.15) is 0 Å². The van der Waals surface area contributed by atoms with Gasteiger partial charge in [0.25, 0.3) is 0 Å². The van der Waals surface area contributed by atoms with E-state index in [1.54, 1.807) is 0 Å². The summed E-state index contributed by atoms with van der Waals surface area (Å²) in [7, 11) is 0. The van der Waals surface area contributed by atoms with Crippen LogP contribution >= 0.6 is 0 Å². The maximum Gasteiger partial charge on any atom is 0.0952 e. The highest BCUT2D eigenvalue weighted by Crippen LogP contribution is 2.18. The lowest BCUT2D eigenvalue weighted by Crippen LogP contribution is -2.23. The molecular weight excluding hydrogens is 176 g/mol. The predicted molar refractivity (Wildman–Crippen MR) is 60.0 cm³/mol. The normalized spacial score (nSPS) is 16.7. The number of hydrogen-bond acceptors (Lipinski definition) is 2. The van der Waals surface area contributed by atoms with Crippen LogP contribution in [0.4, 0.5) is 0 Å². The zero-order valence-corrected chi connectivity index (χ0v) is 10.6. The van der Waals surface area contributed by atoms with E-state index >= 15 is 0 Å². The number of hydrogen-bond donors (Lipinski definition) is 0. The second-order valence-electron chi connectivity index (χ2n) is 5.22. The van der Waals surface area contributed by atoms with Gasteiger partial charge in [-0.15, -0.1) is 0 Å². The topological polar surface area (TPSA) is 18.5 Å². The van der Waals surface area contributed by atoms with E-state index in [1.807, 2.05) is 20.8 Å². The third kappa shape index (κ3) is 7.34. The third-order valence-electron chi connectivity index (χ3n) is 2.36. The quantitative estimate of drug-likeness (QED) is 0.482. The van der Waals surface area contributed by atoms with Crippen LogP contribution in [0.25, 0.3) is 0 Å². The lowest BCUT2D eigenvalue weighted by Gasteiger charge is -2.22. The SMILES string of the molecule is CCCC(C)C(C)COOC(C)(C)C. The molecule has 2 atom stereocenters. The molecule has 86 valence electrons. The van der Waals surface area contributed by atoms with Crippen LogP contribution in [0.3, 0.4) is 0 Å². The molecule has 0 aromatic rings. The Kier molecular flexibility index (Phi) is 6.38. The Morgan fingerprint density at radius 1 is 1.07 bits per heavy atom. The van der Waals surface area contributed by atoms with Crippen LogP contribution in [0.2, 0.25) is 0 Å². The van der Waals surface area contributed by atoms with Crippen LogP contribution in [0.1, 0.15) is 54.4 Å². The molecule has 0 rings (SSSR count). The first-order chi connectivity index (χ1) is 6.37. The zero-order valence-electron chi connectivity index (χ0n) is 10.6. The summed E-state index contributed by atoms with van der Waals surface area (Å²) < 4.78 is 0. The van der Waals surface area contributed by atoms with E-state index in [1.165, 1.54) is 12.8 Å². The van der Waals surface area contributed by atoms with E-state index in [0.29, 0.717) is 18.4 Å². The Bertz CT molecular complexity index is 138. The lowest BCUT2D eigenvalue weighted by atomic mass is 9.93. The highest BCUT2D eigenvalue weighted by molar-refractivity contribution is 4.60. The molecule has 0 bridgehead atoms. The minimum Gasteiger partial charge on any atom is -0.236 e. The molecular formula is C12H26O2. The minimum atomic E-state index is -0.201. The highest BCUT2D eigenvalue weighted by Gasteiger charge is 2.15. The molecule has 2 nitrogen and oxygen atoms in total. The molecule has 0 fully saturated rings. The van der Waals surface area contributed by atoms with E-state index in [9.17, 15) is 0 Å². The average Bonchev–Trinajstić information content (AvgIpc) is 2.02. The predicted octanol–water partition coefficient (Wildman–Crippen LogP) is 3.81. The Hall–Kier alpha value is -0.0800. The smallest absolute Gasteiger partial charge is 0.0952 e. The molecule has 0 aliphatic carbocycles. The third-order valence-corrected chi connectivity index (χ3v) is 2.36.